The molecule has 2 fully saturated rings. The van der Waals surface area contributed by atoms with Crippen molar-refractivity contribution in [3.8, 4) is 0 Å². The van der Waals surface area contributed by atoms with E-state index < -0.39 is 5.60 Å². The van der Waals surface area contributed by atoms with E-state index in [1.807, 2.05) is 37.4 Å². The van der Waals surface area contributed by atoms with Crippen molar-refractivity contribution in [1.29, 1.82) is 0 Å². The number of carbonyl (C=O) groups is 1. The number of hydrogen-bond acceptors (Lipinski definition) is 4. The molecule has 2 heterocycles. The van der Waals surface area contributed by atoms with Gasteiger partial charge in [0, 0.05) is 30.9 Å². The van der Waals surface area contributed by atoms with E-state index in [2.05, 4.69) is 5.32 Å². The van der Waals surface area contributed by atoms with Crippen molar-refractivity contribution in [2.45, 2.75) is 44.8 Å². The third-order valence-corrected chi connectivity index (χ3v) is 4.46. The summed E-state index contributed by atoms with van der Waals surface area (Å²) in [4.78, 5) is 13.9. The highest BCUT2D eigenvalue weighted by atomic mass is 32.2. The van der Waals surface area contributed by atoms with Crippen LogP contribution < -0.4 is 5.32 Å². The lowest BCUT2D eigenvalue weighted by Gasteiger charge is -2.29. The lowest BCUT2D eigenvalue weighted by molar-refractivity contribution is 0.0280. The highest BCUT2D eigenvalue weighted by Gasteiger charge is 2.41. The number of ether oxygens (including phenoxy) is 1. The highest BCUT2D eigenvalue weighted by molar-refractivity contribution is 7.99. The summed E-state index contributed by atoms with van der Waals surface area (Å²) in [6.07, 6.45) is 2.03. The van der Waals surface area contributed by atoms with Gasteiger partial charge in [-0.25, -0.2) is 4.79 Å². The summed E-state index contributed by atoms with van der Waals surface area (Å²) in [6.45, 7) is 8.40. The molecule has 0 bridgehead atoms. The van der Waals surface area contributed by atoms with E-state index in [4.69, 9.17) is 4.74 Å². The minimum Gasteiger partial charge on any atom is -0.444 e. The zero-order valence-corrected chi connectivity index (χ0v) is 12.4. The van der Waals surface area contributed by atoms with E-state index in [1.54, 1.807) is 0 Å². The molecule has 1 unspecified atom stereocenters. The first-order valence-corrected chi connectivity index (χ1v) is 7.86. The third-order valence-electron chi connectivity index (χ3n) is 3.48. The smallest absolute Gasteiger partial charge is 0.410 e. The molecule has 0 aromatic carbocycles. The van der Waals surface area contributed by atoms with Gasteiger partial charge in [-0.15, -0.1) is 0 Å². The minimum absolute atomic E-state index is 0.139. The molecular weight excluding hydrogens is 248 g/mol. The van der Waals surface area contributed by atoms with E-state index in [0.29, 0.717) is 0 Å². The van der Waals surface area contributed by atoms with Crippen LogP contribution in [0.5, 0.6) is 0 Å². The van der Waals surface area contributed by atoms with Gasteiger partial charge in [0.25, 0.3) is 0 Å². The molecule has 5 heteroatoms. The summed E-state index contributed by atoms with van der Waals surface area (Å²) < 4.78 is 5.44. The Morgan fingerprint density at radius 3 is 2.83 bits per heavy atom. The maximum absolute atomic E-state index is 12.0. The van der Waals surface area contributed by atoms with Gasteiger partial charge in [0.15, 0.2) is 0 Å². The summed E-state index contributed by atoms with van der Waals surface area (Å²) in [5, 5.41) is 3.63. The fraction of sp³-hybridized carbons (Fsp3) is 0.923. The molecule has 1 N–H and O–H groups in total. The van der Waals surface area contributed by atoms with Gasteiger partial charge >= 0.3 is 6.09 Å². The number of thioether (sulfide) groups is 1. The fourth-order valence-electron chi connectivity index (χ4n) is 2.55. The molecule has 0 aromatic rings. The molecule has 0 saturated carbocycles. The Bertz CT molecular complexity index is 307. The van der Waals surface area contributed by atoms with E-state index in [-0.39, 0.29) is 11.6 Å². The van der Waals surface area contributed by atoms with Crippen molar-refractivity contribution < 1.29 is 9.53 Å². The fourth-order valence-corrected chi connectivity index (χ4v) is 3.54. The molecular formula is C13H24N2O2S. The van der Waals surface area contributed by atoms with Crippen LogP contribution in [-0.2, 0) is 4.74 Å². The molecule has 0 radical (unpaired) electrons. The molecule has 2 saturated heterocycles. The monoisotopic (exact) mass is 272 g/mol. The standard InChI is InChI=1S/C13H24N2O2S/c1-12(2,3)17-11(16)15-7-4-13(10-15)5-8-18-9-6-14-13/h14H,4-10H2,1-3H3. The molecule has 1 atom stereocenters. The van der Waals surface area contributed by atoms with Crippen LogP contribution in [0.3, 0.4) is 0 Å². The zero-order chi connectivity index (χ0) is 13.2. The van der Waals surface area contributed by atoms with Gasteiger partial charge in [0.1, 0.15) is 5.60 Å². The molecule has 1 spiro atoms. The number of rotatable bonds is 0. The number of likely N-dealkylation sites (tertiary alicyclic amines) is 1. The number of nitrogens with zero attached hydrogens (tertiary/aromatic N) is 1. The van der Waals surface area contributed by atoms with Crippen molar-refractivity contribution in [3.63, 3.8) is 0 Å². The third kappa shape index (κ3) is 3.54. The number of carbonyl (C=O) groups excluding carboxylic acids is 1. The second-order valence-electron chi connectivity index (χ2n) is 6.22. The predicted molar refractivity (Wildman–Crippen MR) is 75.1 cm³/mol. The number of hydrogen-bond donors (Lipinski definition) is 1. The summed E-state index contributed by atoms with van der Waals surface area (Å²) >= 11 is 2.00. The SMILES string of the molecule is CC(C)(C)OC(=O)N1CCC2(CCSCCN2)C1. The van der Waals surface area contributed by atoms with Crippen LogP contribution in [0.4, 0.5) is 4.79 Å². The summed E-state index contributed by atoms with van der Waals surface area (Å²) in [5.74, 6) is 2.36. The van der Waals surface area contributed by atoms with Gasteiger partial charge in [-0.2, -0.15) is 11.8 Å². The zero-order valence-electron chi connectivity index (χ0n) is 11.6. The number of nitrogens with one attached hydrogen (secondary N) is 1. The molecule has 0 aromatic heterocycles. The van der Waals surface area contributed by atoms with Crippen LogP contribution in [0, 0.1) is 0 Å². The quantitative estimate of drug-likeness (QED) is 0.733. The van der Waals surface area contributed by atoms with Crippen molar-refractivity contribution in [2.75, 3.05) is 31.1 Å². The number of amides is 1. The lowest BCUT2D eigenvalue weighted by Crippen LogP contribution is -2.48. The topological polar surface area (TPSA) is 41.6 Å². The molecule has 18 heavy (non-hydrogen) atoms. The van der Waals surface area contributed by atoms with Crippen LogP contribution in [0.2, 0.25) is 0 Å². The normalized spacial score (nSPS) is 29.4. The Labute approximate surface area is 114 Å². The second kappa shape index (κ2) is 5.29. The van der Waals surface area contributed by atoms with Crippen LogP contribution in [0.15, 0.2) is 0 Å². The maximum Gasteiger partial charge on any atom is 0.410 e. The molecule has 1 amide bonds. The predicted octanol–water partition coefficient (Wildman–Crippen LogP) is 2.09. The minimum atomic E-state index is -0.403. The first kappa shape index (κ1) is 14.0. The molecule has 2 aliphatic rings. The van der Waals surface area contributed by atoms with Gasteiger partial charge in [0.2, 0.25) is 0 Å². The molecule has 0 aliphatic carbocycles. The Kier molecular flexibility index (Phi) is 4.11. The van der Waals surface area contributed by atoms with Crippen molar-refractivity contribution >= 4 is 17.9 Å². The average molecular weight is 272 g/mol. The molecule has 104 valence electrons. The molecule has 2 rings (SSSR count). The van der Waals surface area contributed by atoms with Crippen LogP contribution in [0.25, 0.3) is 0 Å². The largest absolute Gasteiger partial charge is 0.444 e. The van der Waals surface area contributed by atoms with Crippen LogP contribution in [-0.4, -0.2) is 53.3 Å². The highest BCUT2D eigenvalue weighted by Crippen LogP contribution is 2.29. The lowest BCUT2D eigenvalue weighted by atomic mass is 9.95. The van der Waals surface area contributed by atoms with Crippen molar-refractivity contribution in [3.05, 3.63) is 0 Å². The van der Waals surface area contributed by atoms with E-state index in [9.17, 15) is 4.79 Å². The van der Waals surface area contributed by atoms with Gasteiger partial charge < -0.3 is 15.0 Å². The first-order valence-electron chi connectivity index (χ1n) is 6.71. The van der Waals surface area contributed by atoms with Gasteiger partial charge in [-0.05, 0) is 39.4 Å². The van der Waals surface area contributed by atoms with E-state index in [1.165, 1.54) is 11.5 Å². The molecule has 2 aliphatic heterocycles. The summed E-state index contributed by atoms with van der Waals surface area (Å²) in [6, 6.07) is 0. The second-order valence-corrected chi connectivity index (χ2v) is 7.45. The Balaban J connectivity index is 1.92. The van der Waals surface area contributed by atoms with Gasteiger partial charge in [-0.1, -0.05) is 0 Å². The van der Waals surface area contributed by atoms with E-state index in [0.717, 1.165) is 32.5 Å². The van der Waals surface area contributed by atoms with Crippen LogP contribution in [0.1, 0.15) is 33.6 Å². The summed E-state index contributed by atoms with van der Waals surface area (Å²) in [7, 11) is 0. The average Bonchev–Trinajstić information content (AvgIpc) is 2.51. The molecule has 4 nitrogen and oxygen atoms in total. The van der Waals surface area contributed by atoms with Crippen LogP contribution >= 0.6 is 11.8 Å². The maximum atomic E-state index is 12.0. The van der Waals surface area contributed by atoms with Crippen molar-refractivity contribution in [1.82, 2.24) is 10.2 Å². The Morgan fingerprint density at radius 1 is 1.33 bits per heavy atom. The first-order chi connectivity index (χ1) is 8.40. The van der Waals surface area contributed by atoms with Gasteiger partial charge in [-0.3, -0.25) is 0 Å². The Hall–Kier alpha value is -0.420. The van der Waals surface area contributed by atoms with E-state index >= 15 is 0 Å². The Morgan fingerprint density at radius 2 is 2.11 bits per heavy atom. The van der Waals surface area contributed by atoms with Gasteiger partial charge in [0.05, 0.1) is 0 Å². The van der Waals surface area contributed by atoms with Crippen molar-refractivity contribution in [2.24, 2.45) is 0 Å². The summed E-state index contributed by atoms with van der Waals surface area (Å²) in [5.41, 5.74) is -0.264.